The molecule has 0 saturated carbocycles. The summed E-state index contributed by atoms with van der Waals surface area (Å²) in [7, 11) is 1.61. The predicted molar refractivity (Wildman–Crippen MR) is 89.1 cm³/mol. The molecule has 0 spiro atoms. The molecule has 2 unspecified atom stereocenters. The van der Waals surface area contributed by atoms with Crippen LogP contribution in [0, 0.1) is 0 Å². The maximum Gasteiger partial charge on any atom is 0.283 e. The lowest BCUT2D eigenvalue weighted by atomic mass is 10.1. The molecule has 0 aliphatic carbocycles. The molecular formula is C18H22ClN3O2. The molecule has 1 aromatic carbocycles. The van der Waals surface area contributed by atoms with E-state index in [1.807, 2.05) is 19.1 Å². The van der Waals surface area contributed by atoms with Gasteiger partial charge in [0.25, 0.3) is 11.7 Å². The van der Waals surface area contributed by atoms with Crippen molar-refractivity contribution in [1.82, 2.24) is 4.98 Å². The van der Waals surface area contributed by atoms with Crippen LogP contribution in [0.2, 0.25) is 0 Å². The van der Waals surface area contributed by atoms with Crippen molar-refractivity contribution in [3.05, 3.63) is 48.0 Å². The summed E-state index contributed by atoms with van der Waals surface area (Å²) in [5.41, 5.74) is 2.10. The van der Waals surface area contributed by atoms with Crippen LogP contribution >= 0.6 is 0 Å². The molecule has 24 heavy (non-hydrogen) atoms. The Labute approximate surface area is 148 Å². The van der Waals surface area contributed by atoms with Crippen molar-refractivity contribution in [2.45, 2.75) is 25.8 Å². The van der Waals surface area contributed by atoms with Crippen molar-refractivity contribution in [1.29, 1.82) is 0 Å². The van der Waals surface area contributed by atoms with E-state index < -0.39 is 0 Å². The van der Waals surface area contributed by atoms with Gasteiger partial charge < -0.3 is 22.5 Å². The summed E-state index contributed by atoms with van der Waals surface area (Å²) in [6.45, 7) is 2.80. The van der Waals surface area contributed by atoms with Gasteiger partial charge in [0, 0.05) is 12.5 Å². The van der Waals surface area contributed by atoms with Crippen LogP contribution in [0.3, 0.4) is 0 Å². The van der Waals surface area contributed by atoms with Crippen LogP contribution in [-0.2, 0) is 11.2 Å². The Balaban J connectivity index is 0.00000208. The van der Waals surface area contributed by atoms with Crippen molar-refractivity contribution in [3.63, 3.8) is 0 Å². The number of nitrogens with zero attached hydrogens (tertiary/aromatic N) is 1. The number of anilines is 1. The lowest BCUT2D eigenvalue weighted by Crippen LogP contribution is -3.13. The van der Waals surface area contributed by atoms with Gasteiger partial charge in [0.2, 0.25) is 5.88 Å². The SMILES string of the molecule is COc1ccc2c(n1)[NH+](CCCc1ccccc1)C(C)C(=O)N2.[Cl-]. The van der Waals surface area contributed by atoms with E-state index in [2.05, 4.69) is 34.6 Å². The largest absolute Gasteiger partial charge is 1.00 e. The maximum atomic E-state index is 12.2. The molecule has 1 amide bonds. The number of pyridine rings is 1. The quantitative estimate of drug-likeness (QED) is 0.698. The number of hydrogen-bond donors (Lipinski definition) is 2. The third-order valence-corrected chi connectivity index (χ3v) is 4.31. The number of aryl methyl sites for hydroxylation is 1. The van der Waals surface area contributed by atoms with E-state index in [-0.39, 0.29) is 24.4 Å². The van der Waals surface area contributed by atoms with Gasteiger partial charge in [0.05, 0.1) is 13.7 Å². The van der Waals surface area contributed by atoms with Gasteiger partial charge in [-0.3, -0.25) is 9.69 Å². The second kappa shape index (κ2) is 8.13. The standard InChI is InChI=1S/C18H21N3O2.ClH/c1-13-18(22)19-15-10-11-16(23-2)20-17(15)21(13)12-6-9-14-7-4-3-5-8-14;/h3-5,7-8,10-11,13H,6,9,12H2,1-2H3,(H,19,22);1H. The van der Waals surface area contributed by atoms with E-state index in [4.69, 9.17) is 4.74 Å². The highest BCUT2D eigenvalue weighted by Crippen LogP contribution is 2.22. The minimum atomic E-state index is -0.155. The Morgan fingerprint density at radius 2 is 1.96 bits per heavy atom. The maximum absolute atomic E-state index is 12.2. The van der Waals surface area contributed by atoms with Crippen LogP contribution in [-0.4, -0.2) is 30.6 Å². The van der Waals surface area contributed by atoms with Crippen LogP contribution in [0.5, 0.6) is 5.88 Å². The Morgan fingerprint density at radius 1 is 1.21 bits per heavy atom. The average Bonchev–Trinajstić information content (AvgIpc) is 2.59. The third-order valence-electron chi connectivity index (χ3n) is 4.31. The van der Waals surface area contributed by atoms with Crippen LogP contribution < -0.4 is 27.4 Å². The number of aromatic nitrogens is 1. The molecule has 2 heterocycles. The second-order valence-electron chi connectivity index (χ2n) is 5.83. The molecular weight excluding hydrogens is 326 g/mol. The number of rotatable bonds is 5. The van der Waals surface area contributed by atoms with E-state index >= 15 is 0 Å². The highest BCUT2D eigenvalue weighted by Gasteiger charge is 2.35. The number of fused-ring (bicyclic) bond motifs is 1. The topological polar surface area (TPSA) is 55.7 Å². The van der Waals surface area contributed by atoms with Crippen molar-refractivity contribution in [3.8, 4) is 5.88 Å². The van der Waals surface area contributed by atoms with Gasteiger partial charge in [0.15, 0.2) is 6.04 Å². The number of hydrogen-bond acceptors (Lipinski definition) is 3. The van der Waals surface area contributed by atoms with E-state index in [0.29, 0.717) is 5.88 Å². The second-order valence-corrected chi connectivity index (χ2v) is 5.83. The highest BCUT2D eigenvalue weighted by atomic mass is 35.5. The number of methoxy groups -OCH3 is 1. The Bertz CT molecular complexity index is 694. The first-order valence-electron chi connectivity index (χ1n) is 7.95. The first kappa shape index (κ1) is 18.2. The smallest absolute Gasteiger partial charge is 0.283 e. The first-order chi connectivity index (χ1) is 11.2. The molecule has 0 radical (unpaired) electrons. The van der Waals surface area contributed by atoms with Crippen LogP contribution in [0.15, 0.2) is 42.5 Å². The van der Waals surface area contributed by atoms with Crippen molar-refractivity contribution < 1.29 is 26.8 Å². The van der Waals surface area contributed by atoms with Crippen LogP contribution in [0.1, 0.15) is 18.9 Å². The molecule has 2 N–H and O–H groups in total. The summed E-state index contributed by atoms with van der Waals surface area (Å²) in [6.07, 6.45) is 1.99. The molecule has 2 aromatic rings. The lowest BCUT2D eigenvalue weighted by Gasteiger charge is -2.29. The molecule has 2 atom stereocenters. The zero-order chi connectivity index (χ0) is 16.2. The summed E-state index contributed by atoms with van der Waals surface area (Å²) >= 11 is 0. The van der Waals surface area contributed by atoms with E-state index in [9.17, 15) is 4.79 Å². The fourth-order valence-electron chi connectivity index (χ4n) is 2.97. The van der Waals surface area contributed by atoms with Crippen molar-refractivity contribution in [2.24, 2.45) is 0 Å². The number of amides is 1. The Morgan fingerprint density at radius 3 is 2.67 bits per heavy atom. The number of nitrogens with one attached hydrogen (secondary N) is 2. The monoisotopic (exact) mass is 347 g/mol. The minimum absolute atomic E-state index is 0. The predicted octanol–water partition coefficient (Wildman–Crippen LogP) is -1.42. The number of halogens is 1. The molecule has 1 aliphatic rings. The summed E-state index contributed by atoms with van der Waals surface area (Å²) < 4.78 is 5.23. The fraction of sp³-hybridized carbons (Fsp3) is 0.333. The molecule has 0 bridgehead atoms. The summed E-state index contributed by atoms with van der Waals surface area (Å²) in [5.74, 6) is 1.48. The number of ether oxygens (including phenoxy) is 1. The normalized spacial score (nSPS) is 19.0. The number of carbonyl (C=O) groups is 1. The van der Waals surface area contributed by atoms with Crippen LogP contribution in [0.4, 0.5) is 11.5 Å². The van der Waals surface area contributed by atoms with Crippen molar-refractivity contribution in [2.75, 3.05) is 19.0 Å². The zero-order valence-corrected chi connectivity index (χ0v) is 14.6. The molecule has 3 rings (SSSR count). The highest BCUT2D eigenvalue weighted by molar-refractivity contribution is 5.97. The van der Waals surface area contributed by atoms with Gasteiger partial charge in [-0.25, -0.2) is 0 Å². The van der Waals surface area contributed by atoms with Gasteiger partial charge in [0.1, 0.15) is 5.69 Å². The van der Waals surface area contributed by atoms with E-state index in [1.165, 1.54) is 5.56 Å². The van der Waals surface area contributed by atoms with Crippen molar-refractivity contribution >= 4 is 17.4 Å². The Kier molecular flexibility index (Phi) is 6.17. The van der Waals surface area contributed by atoms with Gasteiger partial charge in [-0.15, -0.1) is 0 Å². The third kappa shape index (κ3) is 3.86. The summed E-state index contributed by atoms with van der Waals surface area (Å²) in [5, 5.41) is 2.92. The molecule has 128 valence electrons. The fourth-order valence-corrected chi connectivity index (χ4v) is 2.97. The molecule has 1 aromatic heterocycles. The van der Waals surface area contributed by atoms with E-state index in [0.717, 1.165) is 35.8 Å². The minimum Gasteiger partial charge on any atom is -1.00 e. The number of quaternary nitrogens is 1. The number of benzene rings is 1. The molecule has 5 nitrogen and oxygen atoms in total. The van der Waals surface area contributed by atoms with E-state index in [1.54, 1.807) is 13.2 Å². The average molecular weight is 348 g/mol. The lowest BCUT2D eigenvalue weighted by molar-refractivity contribution is -0.851. The van der Waals surface area contributed by atoms with Gasteiger partial charge >= 0.3 is 0 Å². The number of carbonyl (C=O) groups excluding carboxylic acids is 1. The van der Waals surface area contributed by atoms with Gasteiger partial charge in [-0.2, -0.15) is 4.98 Å². The molecule has 0 saturated heterocycles. The molecule has 1 aliphatic heterocycles. The van der Waals surface area contributed by atoms with Gasteiger partial charge in [-0.05, 0) is 25.0 Å². The first-order valence-corrected chi connectivity index (χ1v) is 7.95. The Hall–Kier alpha value is -2.11. The molecule has 6 heteroatoms. The van der Waals surface area contributed by atoms with Crippen LogP contribution in [0.25, 0.3) is 0 Å². The van der Waals surface area contributed by atoms with Gasteiger partial charge in [-0.1, -0.05) is 30.3 Å². The summed E-state index contributed by atoms with van der Waals surface area (Å²) in [4.78, 5) is 17.8. The summed E-state index contributed by atoms with van der Waals surface area (Å²) in [6, 6.07) is 13.9. The zero-order valence-electron chi connectivity index (χ0n) is 13.9. The molecule has 0 fully saturated rings.